The molecule has 3 aromatic heterocycles. The molecule has 0 unspecified atom stereocenters. The number of nitrogens with one attached hydrogen (secondary N) is 1. The van der Waals surface area contributed by atoms with Gasteiger partial charge in [-0.25, -0.2) is 15.0 Å². The van der Waals surface area contributed by atoms with Gasteiger partial charge in [-0.2, -0.15) is 0 Å². The van der Waals surface area contributed by atoms with E-state index >= 15 is 0 Å². The highest BCUT2D eigenvalue weighted by atomic mass is 16.5. The highest BCUT2D eigenvalue weighted by Gasteiger charge is 2.30. The van der Waals surface area contributed by atoms with E-state index < -0.39 is 0 Å². The van der Waals surface area contributed by atoms with E-state index in [0.717, 1.165) is 47.7 Å². The van der Waals surface area contributed by atoms with Gasteiger partial charge in [0.2, 0.25) is 0 Å². The molecule has 0 radical (unpaired) electrons. The van der Waals surface area contributed by atoms with Crippen molar-refractivity contribution < 1.29 is 14.6 Å². The van der Waals surface area contributed by atoms with Gasteiger partial charge in [-0.15, -0.1) is 0 Å². The first kappa shape index (κ1) is 26.8. The number of carbonyl (C=O) groups excluding carboxylic acids is 1. The van der Waals surface area contributed by atoms with Crippen LogP contribution in [0.3, 0.4) is 0 Å². The Morgan fingerprint density at radius 1 is 1.00 bits per heavy atom. The summed E-state index contributed by atoms with van der Waals surface area (Å²) < 4.78 is 7.37. The Morgan fingerprint density at radius 3 is 2.68 bits per heavy atom. The smallest absolute Gasteiger partial charge is 0.258 e. The van der Waals surface area contributed by atoms with Crippen LogP contribution in [0.2, 0.25) is 0 Å². The summed E-state index contributed by atoms with van der Waals surface area (Å²) in [6.07, 6.45) is 10.6. The minimum atomic E-state index is -0.234. The third kappa shape index (κ3) is 4.86. The van der Waals surface area contributed by atoms with Gasteiger partial charge >= 0.3 is 0 Å². The molecule has 1 amide bonds. The van der Waals surface area contributed by atoms with Crippen molar-refractivity contribution in [3.05, 3.63) is 95.6 Å². The van der Waals surface area contributed by atoms with Crippen molar-refractivity contribution in [2.45, 2.75) is 31.8 Å². The number of anilines is 4. The molecule has 0 spiro atoms. The van der Waals surface area contributed by atoms with Crippen molar-refractivity contribution in [2.75, 3.05) is 48.0 Å². The molecule has 1 saturated carbocycles. The summed E-state index contributed by atoms with van der Waals surface area (Å²) >= 11 is 0. The maximum absolute atomic E-state index is 13.7. The third-order valence-corrected chi connectivity index (χ3v) is 8.85. The maximum Gasteiger partial charge on any atom is 0.258 e. The van der Waals surface area contributed by atoms with Crippen molar-refractivity contribution in [3.8, 4) is 11.3 Å². The molecule has 2 N–H and O–H groups in total. The molecule has 10 nitrogen and oxygen atoms in total. The second-order valence-corrected chi connectivity index (χ2v) is 11.6. The monoisotopic (exact) mass is 587 g/mol. The summed E-state index contributed by atoms with van der Waals surface area (Å²) in [6.45, 7) is 3.37. The van der Waals surface area contributed by atoms with Gasteiger partial charge in [-0.05, 0) is 60.6 Å². The number of morpholine rings is 1. The number of aromatic nitrogens is 4. The molecule has 8 rings (SSSR count). The van der Waals surface area contributed by atoms with Crippen LogP contribution in [0.5, 0.6) is 0 Å². The first-order valence-electron chi connectivity index (χ1n) is 15.2. The molecule has 10 heteroatoms. The summed E-state index contributed by atoms with van der Waals surface area (Å²) in [6, 6.07) is 16.0. The largest absolute Gasteiger partial charge is 0.392 e. The highest BCUT2D eigenvalue weighted by molar-refractivity contribution is 6.09. The van der Waals surface area contributed by atoms with Crippen molar-refractivity contribution in [2.24, 2.45) is 0 Å². The molecular formula is C34H33N7O3. The van der Waals surface area contributed by atoms with E-state index in [1.807, 2.05) is 53.2 Å². The maximum atomic E-state index is 13.7. The number of ether oxygens (including phenoxy) is 1. The Bertz CT molecular complexity index is 1860. The molecule has 1 aliphatic carbocycles. The number of nitrogens with zero attached hydrogens (tertiary/aromatic N) is 6. The van der Waals surface area contributed by atoms with Crippen LogP contribution >= 0.6 is 0 Å². The van der Waals surface area contributed by atoms with Crippen LogP contribution in [0.1, 0.15) is 45.8 Å². The van der Waals surface area contributed by atoms with Gasteiger partial charge in [0.25, 0.3) is 5.91 Å². The van der Waals surface area contributed by atoms with Gasteiger partial charge in [0, 0.05) is 54.9 Å². The van der Waals surface area contributed by atoms with Gasteiger partial charge in [0.1, 0.15) is 5.82 Å². The number of benzene rings is 2. The van der Waals surface area contributed by atoms with E-state index in [-0.39, 0.29) is 12.5 Å². The van der Waals surface area contributed by atoms with Crippen LogP contribution in [-0.2, 0) is 17.8 Å². The number of imidazole rings is 1. The average molecular weight is 588 g/mol. The number of aliphatic hydroxyl groups excluding tert-OH is 1. The Kier molecular flexibility index (Phi) is 6.72. The van der Waals surface area contributed by atoms with Crippen LogP contribution < -0.4 is 15.1 Å². The standard InChI is InChI=1S/C34H33N7O3/c42-21-28-27(2-1-3-30(28)41-12-10-24-18-23(22-4-5-22)6-8-26(24)34(41)43)29-20-40-13-11-35-33(40)32(38-29)37-25-7-9-31(36-19-25)39-14-16-44-17-15-39/h1-3,6-9,11,13,18-20,22,42H,4-5,10,12,14-17,21H2,(H,37,38). The normalized spacial score (nSPS) is 16.8. The molecule has 5 heterocycles. The molecule has 2 aliphatic heterocycles. The number of aliphatic hydroxyl groups is 1. The lowest BCUT2D eigenvalue weighted by Gasteiger charge is -2.31. The van der Waals surface area contributed by atoms with Gasteiger partial charge in [-0.1, -0.05) is 24.3 Å². The van der Waals surface area contributed by atoms with Crippen LogP contribution in [-0.4, -0.2) is 63.2 Å². The second-order valence-electron chi connectivity index (χ2n) is 11.6. The lowest BCUT2D eigenvalue weighted by atomic mass is 9.93. The molecule has 44 heavy (non-hydrogen) atoms. The number of amides is 1. The zero-order valence-corrected chi connectivity index (χ0v) is 24.3. The number of carbonyl (C=O) groups is 1. The second kappa shape index (κ2) is 11.0. The molecule has 222 valence electrons. The zero-order valence-electron chi connectivity index (χ0n) is 24.3. The minimum Gasteiger partial charge on any atom is -0.392 e. The van der Waals surface area contributed by atoms with E-state index in [2.05, 4.69) is 32.3 Å². The molecule has 1 saturated heterocycles. The first-order chi connectivity index (χ1) is 21.7. The SMILES string of the molecule is O=C1c2ccc(C3CC3)cc2CCN1c1cccc(-c2cn3ccnc3c(Nc3ccc(N4CCOCC4)nc3)n2)c1CO. The number of hydrogen-bond donors (Lipinski definition) is 2. The molecule has 2 aromatic carbocycles. The quantitative estimate of drug-likeness (QED) is 0.276. The molecule has 0 atom stereocenters. The predicted molar refractivity (Wildman–Crippen MR) is 169 cm³/mol. The fourth-order valence-corrected chi connectivity index (χ4v) is 6.36. The highest BCUT2D eigenvalue weighted by Crippen LogP contribution is 2.41. The molecule has 0 bridgehead atoms. The van der Waals surface area contributed by atoms with Gasteiger partial charge in [-0.3, -0.25) is 4.79 Å². The van der Waals surface area contributed by atoms with E-state index in [0.29, 0.717) is 54.1 Å². The zero-order chi connectivity index (χ0) is 29.6. The van der Waals surface area contributed by atoms with Crippen LogP contribution in [0.4, 0.5) is 23.0 Å². The minimum absolute atomic E-state index is 0.0335. The van der Waals surface area contributed by atoms with Crippen LogP contribution in [0, 0.1) is 0 Å². The number of rotatable bonds is 7. The summed E-state index contributed by atoms with van der Waals surface area (Å²) in [5.41, 5.74) is 7.44. The van der Waals surface area contributed by atoms with Crippen LogP contribution in [0.25, 0.3) is 16.9 Å². The summed E-state index contributed by atoms with van der Waals surface area (Å²) in [5.74, 6) is 2.09. The van der Waals surface area contributed by atoms with Gasteiger partial charge in [0.15, 0.2) is 11.5 Å². The summed E-state index contributed by atoms with van der Waals surface area (Å²) in [7, 11) is 0. The Labute approximate surface area is 255 Å². The fraction of sp³-hybridized carbons (Fsp3) is 0.294. The Hall–Kier alpha value is -4.80. The summed E-state index contributed by atoms with van der Waals surface area (Å²) in [4.78, 5) is 31.9. The van der Waals surface area contributed by atoms with Crippen molar-refractivity contribution in [1.82, 2.24) is 19.4 Å². The van der Waals surface area contributed by atoms with Gasteiger partial charge < -0.3 is 29.4 Å². The lowest BCUT2D eigenvalue weighted by Crippen LogP contribution is -2.38. The average Bonchev–Trinajstić information content (AvgIpc) is 3.82. The van der Waals surface area contributed by atoms with Crippen molar-refractivity contribution >= 4 is 34.6 Å². The Morgan fingerprint density at radius 2 is 1.89 bits per heavy atom. The van der Waals surface area contributed by atoms with Gasteiger partial charge in [0.05, 0.1) is 43.1 Å². The first-order valence-corrected chi connectivity index (χ1v) is 15.2. The summed E-state index contributed by atoms with van der Waals surface area (Å²) in [5, 5.41) is 14.1. The van der Waals surface area contributed by atoms with E-state index in [1.165, 1.54) is 18.4 Å². The van der Waals surface area contributed by atoms with Crippen molar-refractivity contribution in [1.29, 1.82) is 0 Å². The number of hydrogen-bond acceptors (Lipinski definition) is 8. The topological polar surface area (TPSA) is 108 Å². The fourth-order valence-electron chi connectivity index (χ4n) is 6.36. The van der Waals surface area contributed by atoms with Crippen molar-refractivity contribution in [3.63, 3.8) is 0 Å². The Balaban J connectivity index is 1.12. The van der Waals surface area contributed by atoms with E-state index in [1.54, 1.807) is 17.3 Å². The van der Waals surface area contributed by atoms with Crippen LogP contribution in [0.15, 0.2) is 73.3 Å². The lowest BCUT2D eigenvalue weighted by molar-refractivity contribution is 0.0980. The van der Waals surface area contributed by atoms with E-state index in [4.69, 9.17) is 9.72 Å². The predicted octanol–water partition coefficient (Wildman–Crippen LogP) is 4.94. The molecule has 2 fully saturated rings. The van der Waals surface area contributed by atoms with E-state index in [9.17, 15) is 9.90 Å². The molecule has 5 aromatic rings. The number of fused-ring (bicyclic) bond motifs is 2. The third-order valence-electron chi connectivity index (χ3n) is 8.85. The molecule has 3 aliphatic rings. The molecular weight excluding hydrogens is 554 g/mol. The number of pyridine rings is 1.